The maximum Gasteiger partial charge on any atom is -0.00249 e. The molecule has 0 N–H and O–H groups in total. The molecule has 2 aliphatic rings. The molecule has 84 valence electrons. The van der Waals surface area contributed by atoms with Crippen molar-refractivity contribution in [2.45, 2.75) is 59.8 Å². The van der Waals surface area contributed by atoms with Gasteiger partial charge >= 0.3 is 0 Å². The molecule has 0 heterocycles. The van der Waals surface area contributed by atoms with Crippen molar-refractivity contribution in [1.29, 1.82) is 0 Å². The predicted molar refractivity (Wildman–Crippen MR) is 66.8 cm³/mol. The van der Waals surface area contributed by atoms with Gasteiger partial charge in [0.25, 0.3) is 0 Å². The van der Waals surface area contributed by atoms with Crippen LogP contribution in [0.1, 0.15) is 59.8 Å². The van der Waals surface area contributed by atoms with Gasteiger partial charge in [0.05, 0.1) is 0 Å². The smallest absolute Gasteiger partial charge is 0.00249 e. The molecule has 2 aliphatic carbocycles. The SMILES string of the molecule is CC1=CCCC(C)C12CCC(=C(C)C)C2. The average Bonchev–Trinajstić information content (AvgIpc) is 2.61. The zero-order valence-corrected chi connectivity index (χ0v) is 10.7. The zero-order valence-electron chi connectivity index (χ0n) is 10.7. The lowest BCUT2D eigenvalue weighted by Crippen LogP contribution is -2.29. The van der Waals surface area contributed by atoms with E-state index in [1.165, 1.54) is 32.1 Å². The van der Waals surface area contributed by atoms with E-state index in [1.807, 2.05) is 0 Å². The van der Waals surface area contributed by atoms with Gasteiger partial charge in [0.1, 0.15) is 0 Å². The van der Waals surface area contributed by atoms with E-state index >= 15 is 0 Å². The second kappa shape index (κ2) is 3.81. The average molecular weight is 204 g/mol. The van der Waals surface area contributed by atoms with Crippen molar-refractivity contribution in [3.05, 3.63) is 22.8 Å². The highest BCUT2D eigenvalue weighted by molar-refractivity contribution is 5.28. The van der Waals surface area contributed by atoms with Crippen molar-refractivity contribution in [2.24, 2.45) is 11.3 Å². The molecule has 2 rings (SSSR count). The standard InChI is InChI=1S/C15H24/c1-11(2)14-8-9-15(10-14)12(3)6-5-7-13(15)4/h6,13H,5,7-10H2,1-4H3. The van der Waals surface area contributed by atoms with Crippen molar-refractivity contribution >= 4 is 0 Å². The Balaban J connectivity index is 2.32. The first kappa shape index (κ1) is 11.0. The second-order valence-corrected chi connectivity index (χ2v) is 5.80. The number of hydrogen-bond acceptors (Lipinski definition) is 0. The Hall–Kier alpha value is -0.520. The van der Waals surface area contributed by atoms with Crippen LogP contribution in [0.5, 0.6) is 0 Å². The summed E-state index contributed by atoms with van der Waals surface area (Å²) in [6, 6.07) is 0. The van der Waals surface area contributed by atoms with Gasteiger partial charge in [-0.3, -0.25) is 0 Å². The van der Waals surface area contributed by atoms with Crippen molar-refractivity contribution in [2.75, 3.05) is 0 Å². The van der Waals surface area contributed by atoms with E-state index in [1.54, 1.807) is 16.7 Å². The van der Waals surface area contributed by atoms with Crippen molar-refractivity contribution in [1.82, 2.24) is 0 Å². The Morgan fingerprint density at radius 1 is 1.40 bits per heavy atom. The normalized spacial score (nSPS) is 35.9. The van der Waals surface area contributed by atoms with Gasteiger partial charge in [-0.15, -0.1) is 0 Å². The summed E-state index contributed by atoms with van der Waals surface area (Å²) in [4.78, 5) is 0. The monoisotopic (exact) mass is 204 g/mol. The van der Waals surface area contributed by atoms with E-state index in [2.05, 4.69) is 33.8 Å². The highest BCUT2D eigenvalue weighted by Gasteiger charge is 2.43. The van der Waals surface area contributed by atoms with E-state index in [4.69, 9.17) is 0 Å². The fourth-order valence-electron chi connectivity index (χ4n) is 3.53. The molecule has 0 aromatic heterocycles. The Kier molecular flexibility index (Phi) is 2.79. The van der Waals surface area contributed by atoms with Crippen LogP contribution in [0.2, 0.25) is 0 Å². The number of allylic oxidation sites excluding steroid dienone is 4. The lowest BCUT2D eigenvalue weighted by atomic mass is 9.65. The van der Waals surface area contributed by atoms with Gasteiger partial charge in [0.2, 0.25) is 0 Å². The second-order valence-electron chi connectivity index (χ2n) is 5.80. The van der Waals surface area contributed by atoms with E-state index < -0.39 is 0 Å². The molecule has 2 atom stereocenters. The minimum Gasteiger partial charge on any atom is -0.0850 e. The highest BCUT2D eigenvalue weighted by atomic mass is 14.5. The molecule has 0 heteroatoms. The molecule has 1 saturated carbocycles. The number of rotatable bonds is 0. The molecule has 0 amide bonds. The molecule has 1 spiro atoms. The van der Waals surface area contributed by atoms with Gasteiger partial charge in [-0.1, -0.05) is 29.7 Å². The third kappa shape index (κ3) is 1.68. The fourth-order valence-corrected chi connectivity index (χ4v) is 3.53. The summed E-state index contributed by atoms with van der Waals surface area (Å²) in [6.07, 6.45) is 9.29. The predicted octanol–water partition coefficient (Wildman–Crippen LogP) is 4.87. The molecule has 0 nitrogen and oxygen atoms in total. The summed E-state index contributed by atoms with van der Waals surface area (Å²) in [6.45, 7) is 9.38. The van der Waals surface area contributed by atoms with E-state index in [0.717, 1.165) is 5.92 Å². The third-order valence-corrected chi connectivity index (χ3v) is 4.89. The minimum absolute atomic E-state index is 0.546. The third-order valence-electron chi connectivity index (χ3n) is 4.89. The lowest BCUT2D eigenvalue weighted by molar-refractivity contribution is 0.213. The van der Waals surface area contributed by atoms with Gasteiger partial charge in [-0.05, 0) is 64.2 Å². The van der Waals surface area contributed by atoms with E-state index in [0.29, 0.717) is 5.41 Å². The molecular weight excluding hydrogens is 180 g/mol. The summed E-state index contributed by atoms with van der Waals surface area (Å²) >= 11 is 0. The molecule has 0 aromatic carbocycles. The largest absolute Gasteiger partial charge is 0.0850 e. The van der Waals surface area contributed by atoms with Gasteiger partial charge in [-0.25, -0.2) is 0 Å². The molecular formula is C15H24. The molecule has 2 unspecified atom stereocenters. The Bertz CT molecular complexity index is 315. The highest BCUT2D eigenvalue weighted by Crippen LogP contribution is 2.55. The molecule has 0 bridgehead atoms. The van der Waals surface area contributed by atoms with Crippen molar-refractivity contribution < 1.29 is 0 Å². The van der Waals surface area contributed by atoms with Gasteiger partial charge in [-0.2, -0.15) is 0 Å². The van der Waals surface area contributed by atoms with Crippen LogP contribution in [0.15, 0.2) is 22.8 Å². The minimum atomic E-state index is 0.546. The van der Waals surface area contributed by atoms with Crippen LogP contribution in [-0.4, -0.2) is 0 Å². The summed E-state index contributed by atoms with van der Waals surface area (Å²) in [5.41, 5.74) is 5.52. The Morgan fingerprint density at radius 3 is 2.67 bits per heavy atom. The van der Waals surface area contributed by atoms with Gasteiger partial charge < -0.3 is 0 Å². The maximum absolute atomic E-state index is 2.49. The summed E-state index contributed by atoms with van der Waals surface area (Å²) in [5, 5.41) is 0. The molecule has 0 radical (unpaired) electrons. The molecule has 1 fully saturated rings. The van der Waals surface area contributed by atoms with Crippen LogP contribution in [0, 0.1) is 11.3 Å². The molecule has 0 aliphatic heterocycles. The van der Waals surface area contributed by atoms with Crippen LogP contribution < -0.4 is 0 Å². The first-order valence-corrected chi connectivity index (χ1v) is 6.39. The van der Waals surface area contributed by atoms with Crippen LogP contribution in [-0.2, 0) is 0 Å². The first-order valence-electron chi connectivity index (χ1n) is 6.39. The first-order chi connectivity index (χ1) is 7.06. The molecule has 0 saturated heterocycles. The topological polar surface area (TPSA) is 0 Å². The maximum atomic E-state index is 2.49. The van der Waals surface area contributed by atoms with Gasteiger partial charge in [0, 0.05) is 0 Å². The van der Waals surface area contributed by atoms with Crippen LogP contribution >= 0.6 is 0 Å². The Labute approximate surface area is 94.5 Å². The van der Waals surface area contributed by atoms with Crippen LogP contribution in [0.4, 0.5) is 0 Å². The summed E-state index contributed by atoms with van der Waals surface area (Å²) in [5.74, 6) is 0.888. The van der Waals surface area contributed by atoms with Crippen LogP contribution in [0.25, 0.3) is 0 Å². The Morgan fingerprint density at radius 2 is 2.13 bits per heavy atom. The fraction of sp³-hybridized carbons (Fsp3) is 0.733. The quantitative estimate of drug-likeness (QED) is 0.494. The molecule has 0 aromatic rings. The molecule has 15 heavy (non-hydrogen) atoms. The summed E-state index contributed by atoms with van der Waals surface area (Å²) in [7, 11) is 0. The zero-order chi connectivity index (χ0) is 11.1. The summed E-state index contributed by atoms with van der Waals surface area (Å²) < 4.78 is 0. The van der Waals surface area contributed by atoms with Crippen LogP contribution in [0.3, 0.4) is 0 Å². The van der Waals surface area contributed by atoms with E-state index in [9.17, 15) is 0 Å². The lowest BCUT2D eigenvalue weighted by Gasteiger charge is -2.40. The van der Waals surface area contributed by atoms with Crippen molar-refractivity contribution in [3.8, 4) is 0 Å². The van der Waals surface area contributed by atoms with Gasteiger partial charge in [0.15, 0.2) is 0 Å². The number of hydrogen-bond donors (Lipinski definition) is 0. The van der Waals surface area contributed by atoms with Crippen molar-refractivity contribution in [3.63, 3.8) is 0 Å². The van der Waals surface area contributed by atoms with E-state index in [-0.39, 0.29) is 0 Å².